The van der Waals surface area contributed by atoms with Crippen LogP contribution in [-0.4, -0.2) is 70.5 Å². The van der Waals surface area contributed by atoms with E-state index in [-0.39, 0.29) is 18.4 Å². The maximum atomic E-state index is 11.8. The Morgan fingerprint density at radius 3 is 1.92 bits per heavy atom. The maximum Gasteiger partial charge on any atom is 0.323 e. The fourth-order valence-electron chi connectivity index (χ4n) is 2.04. The molecule has 0 radical (unpaired) electrons. The Bertz CT molecular complexity index is 482. The van der Waals surface area contributed by atoms with E-state index in [1.807, 2.05) is 30.3 Å². The molecule has 0 aromatic heterocycles. The second-order valence-corrected chi connectivity index (χ2v) is 5.38. The number of likely N-dealkylation sites (N-methyl/N-ethyl adjacent to an activating group) is 2. The van der Waals surface area contributed by atoms with E-state index in [9.17, 15) is 9.59 Å². The number of carboxylic acid groups (broad SMARTS) is 1. The molecule has 0 saturated carbocycles. The number of Topliss-reactive ketones (excluding diaryl/α,β-unsaturated/α-hetero) is 1. The molecule has 1 rings (SSSR count). The van der Waals surface area contributed by atoms with Crippen molar-refractivity contribution in [1.29, 1.82) is 0 Å². The third kappa shape index (κ3) is 10.6. The molecule has 0 amide bonds. The third-order valence-corrected chi connectivity index (χ3v) is 3.55. The number of aliphatic carboxylic acids is 1. The van der Waals surface area contributed by atoms with Gasteiger partial charge in [-0.2, -0.15) is 0 Å². The quantitative estimate of drug-likeness (QED) is 0.539. The van der Waals surface area contributed by atoms with Crippen molar-refractivity contribution in [2.24, 2.45) is 0 Å². The summed E-state index contributed by atoms with van der Waals surface area (Å²) in [6.45, 7) is 0.635. The molecule has 0 fully saturated rings. The first kappa shape index (κ1) is 23.2. The average molecular weight is 354 g/mol. The molecular weight excluding hydrogens is 324 g/mol. The van der Waals surface area contributed by atoms with E-state index in [0.717, 1.165) is 6.42 Å². The number of benzene rings is 1. The van der Waals surface area contributed by atoms with Crippen molar-refractivity contribution in [3.63, 3.8) is 0 Å². The van der Waals surface area contributed by atoms with Gasteiger partial charge in [0.05, 0.1) is 19.3 Å². The predicted molar refractivity (Wildman–Crippen MR) is 96.9 cm³/mol. The number of hydrogen-bond donors (Lipinski definition) is 3. The second kappa shape index (κ2) is 14.5. The Hall–Kier alpha value is -1.80. The number of rotatable bonds is 11. The molecule has 0 saturated heterocycles. The zero-order chi connectivity index (χ0) is 19.1. The van der Waals surface area contributed by atoms with E-state index in [2.05, 4.69) is 15.4 Å². The van der Waals surface area contributed by atoms with Crippen molar-refractivity contribution >= 4 is 11.8 Å². The van der Waals surface area contributed by atoms with Crippen LogP contribution in [0.5, 0.6) is 0 Å². The Labute approximate surface area is 149 Å². The lowest BCUT2D eigenvalue weighted by Crippen LogP contribution is -2.38. The van der Waals surface area contributed by atoms with Gasteiger partial charge in [-0.1, -0.05) is 30.3 Å². The van der Waals surface area contributed by atoms with Crippen molar-refractivity contribution in [3.8, 4) is 0 Å². The average Bonchev–Trinajstić information content (AvgIpc) is 2.63. The summed E-state index contributed by atoms with van der Waals surface area (Å²) in [5.41, 5.74) is 1.20. The monoisotopic (exact) mass is 354 g/mol. The highest BCUT2D eigenvalue weighted by Gasteiger charge is 2.15. The minimum absolute atomic E-state index is 0.186. The van der Waals surface area contributed by atoms with Crippen molar-refractivity contribution in [2.75, 3.05) is 41.5 Å². The number of hydrogen-bond acceptors (Lipinski definition) is 6. The Morgan fingerprint density at radius 2 is 1.52 bits per heavy atom. The fraction of sp³-hybridized carbons (Fsp3) is 0.556. The summed E-state index contributed by atoms with van der Waals surface area (Å²) in [5, 5.41) is 13.9. The minimum Gasteiger partial charge on any atom is -0.480 e. The predicted octanol–water partition coefficient (Wildman–Crippen LogP) is 0.728. The van der Waals surface area contributed by atoms with E-state index in [1.54, 1.807) is 21.2 Å². The fourth-order valence-corrected chi connectivity index (χ4v) is 2.04. The van der Waals surface area contributed by atoms with Gasteiger partial charge in [-0.05, 0) is 26.1 Å². The van der Waals surface area contributed by atoms with Crippen LogP contribution in [0, 0.1) is 0 Å². The number of nitrogens with one attached hydrogen (secondary N) is 2. The molecule has 3 N–H and O–H groups in total. The highest BCUT2D eigenvalue weighted by atomic mass is 16.5. The zero-order valence-corrected chi connectivity index (χ0v) is 15.5. The molecule has 1 aromatic rings. The molecule has 0 aliphatic rings. The van der Waals surface area contributed by atoms with Crippen molar-refractivity contribution < 1.29 is 24.2 Å². The van der Waals surface area contributed by atoms with Gasteiger partial charge in [0.1, 0.15) is 6.04 Å². The summed E-state index contributed by atoms with van der Waals surface area (Å²) in [4.78, 5) is 22.0. The number of ketones is 1. The highest BCUT2D eigenvalue weighted by molar-refractivity contribution is 5.84. The molecule has 7 heteroatoms. The minimum atomic E-state index is -0.889. The van der Waals surface area contributed by atoms with Gasteiger partial charge in [-0.3, -0.25) is 9.59 Å². The van der Waals surface area contributed by atoms with Crippen LogP contribution in [0.3, 0.4) is 0 Å². The first-order chi connectivity index (χ1) is 12.0. The number of carbonyl (C=O) groups excluding carboxylic acids is 1. The van der Waals surface area contributed by atoms with Crippen molar-refractivity contribution in [2.45, 2.75) is 24.9 Å². The lowest BCUT2D eigenvalue weighted by Gasteiger charge is -2.13. The highest BCUT2D eigenvalue weighted by Crippen LogP contribution is 2.04. The van der Waals surface area contributed by atoms with Gasteiger partial charge in [0.25, 0.3) is 0 Å². The molecule has 7 nitrogen and oxygen atoms in total. The van der Waals surface area contributed by atoms with Gasteiger partial charge < -0.3 is 25.2 Å². The molecule has 0 bridgehead atoms. The zero-order valence-electron chi connectivity index (χ0n) is 15.5. The summed E-state index contributed by atoms with van der Waals surface area (Å²) < 4.78 is 9.60. The van der Waals surface area contributed by atoms with E-state index < -0.39 is 12.0 Å². The van der Waals surface area contributed by atoms with E-state index in [1.165, 1.54) is 12.7 Å². The van der Waals surface area contributed by atoms with Gasteiger partial charge in [0.2, 0.25) is 0 Å². The molecule has 0 heterocycles. The number of carboxylic acids is 1. The van der Waals surface area contributed by atoms with Crippen LogP contribution in [0.4, 0.5) is 0 Å². The third-order valence-electron chi connectivity index (χ3n) is 3.55. The first-order valence-corrected chi connectivity index (χ1v) is 8.11. The van der Waals surface area contributed by atoms with E-state index in [4.69, 9.17) is 9.84 Å². The first-order valence-electron chi connectivity index (χ1n) is 8.11. The molecule has 2 atom stereocenters. The molecule has 25 heavy (non-hydrogen) atoms. The lowest BCUT2D eigenvalue weighted by molar-refractivity contribution is -0.140. The van der Waals surface area contributed by atoms with Gasteiger partial charge >= 0.3 is 5.97 Å². The van der Waals surface area contributed by atoms with E-state index in [0.29, 0.717) is 13.0 Å². The Kier molecular flexibility index (Phi) is 13.5. The number of aryl methyl sites for hydroxylation is 1. The standard InChI is InChI=1S/C13H19NO2.C5H11NO3/c1-14-12(10-16-2)13(15)9-8-11-6-4-3-5-7-11;1-6-4(3-9-2)5(7)8/h3-7,12,14H,8-10H2,1-2H3;4,6H,3H2,1-2H3,(H,7,8)/t12-;4-/m11/s1. The van der Waals surface area contributed by atoms with Crippen LogP contribution in [0.1, 0.15) is 12.0 Å². The Balaban J connectivity index is 0.000000547. The molecule has 0 aliphatic carbocycles. The van der Waals surface area contributed by atoms with Gasteiger partial charge in [0, 0.05) is 20.6 Å². The lowest BCUT2D eigenvalue weighted by atomic mass is 10.0. The largest absolute Gasteiger partial charge is 0.480 e. The van der Waals surface area contributed by atoms with Gasteiger partial charge in [0.15, 0.2) is 5.78 Å². The summed E-state index contributed by atoms with van der Waals surface area (Å²) in [6.07, 6.45) is 1.35. The SMILES string of the molecule is CN[C@H](COC)C(=O)CCc1ccccc1.CN[C@H](COC)C(=O)O. The van der Waals surface area contributed by atoms with Gasteiger partial charge in [-0.15, -0.1) is 0 Å². The maximum absolute atomic E-state index is 11.8. The van der Waals surface area contributed by atoms with Crippen LogP contribution < -0.4 is 10.6 Å². The normalized spacial score (nSPS) is 12.6. The van der Waals surface area contributed by atoms with Crippen LogP contribution >= 0.6 is 0 Å². The summed E-state index contributed by atoms with van der Waals surface area (Å²) in [6, 6.07) is 9.26. The van der Waals surface area contributed by atoms with E-state index >= 15 is 0 Å². The molecular formula is C18H30N2O5. The molecule has 1 aromatic carbocycles. The number of methoxy groups -OCH3 is 2. The topological polar surface area (TPSA) is 96.9 Å². The van der Waals surface area contributed by atoms with Crippen LogP contribution in [0.15, 0.2) is 30.3 Å². The second-order valence-electron chi connectivity index (χ2n) is 5.38. The number of ether oxygens (including phenoxy) is 2. The summed E-state index contributed by atoms with van der Waals surface area (Å²) >= 11 is 0. The molecule has 0 spiro atoms. The molecule has 142 valence electrons. The van der Waals surface area contributed by atoms with Crippen LogP contribution in [0.2, 0.25) is 0 Å². The van der Waals surface area contributed by atoms with Crippen LogP contribution in [0.25, 0.3) is 0 Å². The van der Waals surface area contributed by atoms with Crippen molar-refractivity contribution in [1.82, 2.24) is 10.6 Å². The smallest absolute Gasteiger partial charge is 0.323 e. The summed E-state index contributed by atoms with van der Waals surface area (Å²) in [5.74, 6) is -0.687. The molecule has 0 aliphatic heterocycles. The molecule has 0 unspecified atom stereocenters. The Morgan fingerprint density at radius 1 is 1.00 bits per heavy atom. The van der Waals surface area contributed by atoms with Gasteiger partial charge in [-0.25, -0.2) is 0 Å². The van der Waals surface area contributed by atoms with Crippen LogP contribution in [-0.2, 0) is 25.5 Å². The number of carbonyl (C=O) groups is 2. The van der Waals surface area contributed by atoms with Crippen molar-refractivity contribution in [3.05, 3.63) is 35.9 Å². The summed E-state index contributed by atoms with van der Waals surface area (Å²) in [7, 11) is 6.43.